The van der Waals surface area contributed by atoms with Crippen LogP contribution in [0.5, 0.6) is 0 Å². The van der Waals surface area contributed by atoms with Gasteiger partial charge in [0.15, 0.2) is 5.82 Å². The van der Waals surface area contributed by atoms with Gasteiger partial charge in [-0.1, -0.05) is 42.5 Å². The van der Waals surface area contributed by atoms with Gasteiger partial charge in [-0.15, -0.1) is 10.1 Å². The van der Waals surface area contributed by atoms with Gasteiger partial charge < -0.3 is 5.32 Å². The predicted molar refractivity (Wildman–Crippen MR) is 152 cm³/mol. The Kier molecular flexibility index (Phi) is 6.66. The highest BCUT2D eigenvalue weighted by atomic mass is 17.3. The van der Waals surface area contributed by atoms with E-state index in [1.54, 1.807) is 4.68 Å². The zero-order chi connectivity index (χ0) is 26.8. The number of carbonyl (C=O) groups excluding carboxylic acids is 1. The van der Waals surface area contributed by atoms with Crippen molar-refractivity contribution < 1.29 is 14.7 Å². The largest absolute Gasteiger partial charge is 0.385 e. The van der Waals surface area contributed by atoms with Gasteiger partial charge in [0.2, 0.25) is 0 Å². The van der Waals surface area contributed by atoms with E-state index < -0.39 is 0 Å². The smallest absolute Gasteiger partial charge is 0.281 e. The molecule has 1 amide bonds. The van der Waals surface area contributed by atoms with E-state index in [1.165, 1.54) is 17.7 Å². The third kappa shape index (κ3) is 4.69. The second-order valence-electron chi connectivity index (χ2n) is 9.31. The minimum Gasteiger partial charge on any atom is -0.385 e. The van der Waals surface area contributed by atoms with Gasteiger partial charge >= 0.3 is 0 Å². The lowest BCUT2D eigenvalue weighted by Crippen LogP contribution is -2.36. The number of hydrogen-bond donors (Lipinski definition) is 2. The lowest BCUT2D eigenvalue weighted by molar-refractivity contribution is -0.248. The Morgan fingerprint density at radius 1 is 1.00 bits per heavy atom. The molecule has 0 fully saturated rings. The van der Waals surface area contributed by atoms with Gasteiger partial charge in [-0.25, -0.2) is 15.0 Å². The minimum absolute atomic E-state index is 0.254. The first-order chi connectivity index (χ1) is 19.1. The summed E-state index contributed by atoms with van der Waals surface area (Å²) in [6, 6.07) is 25.5. The molecule has 2 N–H and O–H groups in total. The zero-order valence-corrected chi connectivity index (χ0v) is 21.7. The predicted octanol–water partition coefficient (Wildman–Crippen LogP) is 3.54. The van der Waals surface area contributed by atoms with Crippen molar-refractivity contribution in [2.45, 2.75) is 19.8 Å². The highest BCUT2D eigenvalue weighted by Crippen LogP contribution is 2.25. The van der Waals surface area contributed by atoms with E-state index in [4.69, 9.17) is 15.0 Å². The first-order valence-electron chi connectivity index (χ1n) is 12.8. The van der Waals surface area contributed by atoms with Crippen molar-refractivity contribution >= 4 is 40.5 Å². The summed E-state index contributed by atoms with van der Waals surface area (Å²) in [7, 11) is 1.40. The average molecular weight is 521 g/mol. The standard InChI is InChI=1S/C30H28N6O3/c1-20-27(30(37)36(32-20)24-13-7-4-8-14-24)28-26(19-21-15-16-25-22(18-21)10-9-17-31-25)35(23-11-5-3-6-12-23)33-29(28)34-39-38-2/h3-8,11-16,18-19,31H,9-10,17H2,1-2H3,(H,33,34)/b26-19-,28-27+. The van der Waals surface area contributed by atoms with E-state index in [-0.39, 0.29) is 5.91 Å². The summed E-state index contributed by atoms with van der Waals surface area (Å²) in [5.74, 6) is 0.0791. The van der Waals surface area contributed by atoms with E-state index in [0.717, 1.165) is 36.3 Å². The number of nitrogens with zero attached hydrogens (tertiary/aromatic N) is 4. The van der Waals surface area contributed by atoms with Gasteiger partial charge in [-0.2, -0.15) is 10.1 Å². The number of aryl methyl sites for hydroxylation is 1. The number of anilines is 3. The molecule has 4 aromatic rings. The molecule has 0 radical (unpaired) electrons. The quantitative estimate of drug-likeness (QED) is 0.299. The highest BCUT2D eigenvalue weighted by Gasteiger charge is 2.31. The third-order valence-electron chi connectivity index (χ3n) is 6.78. The molecule has 0 atom stereocenters. The van der Waals surface area contributed by atoms with Crippen LogP contribution < -0.4 is 26.4 Å². The molecular formula is C30H28N6O3. The fraction of sp³-hybridized carbons (Fsp3) is 0.167. The Bertz CT molecular complexity index is 1680. The van der Waals surface area contributed by atoms with Crippen molar-refractivity contribution in [2.24, 2.45) is 5.10 Å². The summed E-state index contributed by atoms with van der Waals surface area (Å²) in [4.78, 5) is 23.8. The molecule has 2 aliphatic heterocycles. The van der Waals surface area contributed by atoms with Gasteiger partial charge in [0.25, 0.3) is 5.91 Å². The number of nitrogens with one attached hydrogen (secondary N) is 2. The summed E-state index contributed by atoms with van der Waals surface area (Å²) in [6.07, 6.45) is 4.14. The number of fused-ring (bicyclic) bond motifs is 1. The molecule has 0 bridgehead atoms. The average Bonchev–Trinajstić information content (AvgIpc) is 3.47. The van der Waals surface area contributed by atoms with Crippen LogP contribution in [0, 0.1) is 0 Å². The summed E-state index contributed by atoms with van der Waals surface area (Å²) < 4.78 is 1.80. The van der Waals surface area contributed by atoms with E-state index in [1.807, 2.05) is 73.7 Å². The van der Waals surface area contributed by atoms with E-state index in [2.05, 4.69) is 34.1 Å². The van der Waals surface area contributed by atoms with Crippen LogP contribution >= 0.6 is 0 Å². The molecule has 39 heavy (non-hydrogen) atoms. The fourth-order valence-electron chi connectivity index (χ4n) is 5.01. The van der Waals surface area contributed by atoms with Crippen LogP contribution in [0.2, 0.25) is 0 Å². The Morgan fingerprint density at radius 3 is 2.49 bits per heavy atom. The zero-order valence-electron chi connectivity index (χ0n) is 21.7. The van der Waals surface area contributed by atoms with Crippen molar-refractivity contribution in [3.63, 3.8) is 0 Å². The van der Waals surface area contributed by atoms with Crippen LogP contribution in [0.3, 0.4) is 0 Å². The van der Waals surface area contributed by atoms with Crippen LogP contribution in [-0.4, -0.2) is 35.1 Å². The van der Waals surface area contributed by atoms with E-state index in [9.17, 15) is 4.79 Å². The number of hydrogen-bond acceptors (Lipinski definition) is 7. The lowest BCUT2D eigenvalue weighted by Gasteiger charge is -2.18. The molecular weight excluding hydrogens is 492 g/mol. The number of amides is 1. The van der Waals surface area contributed by atoms with Crippen LogP contribution in [0.1, 0.15) is 24.5 Å². The number of carbonyl (C=O) groups is 1. The Hall–Kier alpha value is -4.73. The van der Waals surface area contributed by atoms with Crippen LogP contribution in [-0.2, 0) is 21.1 Å². The number of benzene rings is 3. The maximum atomic E-state index is 13.9. The van der Waals surface area contributed by atoms with Crippen LogP contribution in [0.25, 0.3) is 17.3 Å². The molecule has 0 saturated carbocycles. The molecule has 9 nitrogen and oxygen atoms in total. The molecule has 6 rings (SSSR count). The summed E-state index contributed by atoms with van der Waals surface area (Å²) in [5, 5.41) is 15.6. The number of para-hydroxylation sites is 2. The highest BCUT2D eigenvalue weighted by molar-refractivity contribution is 6.48. The number of aromatic nitrogens is 2. The second-order valence-corrected chi connectivity index (χ2v) is 9.31. The molecule has 0 aliphatic carbocycles. The Labute approximate surface area is 225 Å². The molecule has 2 aliphatic rings. The molecule has 0 spiro atoms. The number of hydrazone groups is 1. The van der Waals surface area contributed by atoms with Gasteiger partial charge in [-0.3, -0.25) is 4.79 Å². The first kappa shape index (κ1) is 24.6. The summed E-state index contributed by atoms with van der Waals surface area (Å²) in [6.45, 7) is 2.80. The van der Waals surface area contributed by atoms with Gasteiger partial charge in [0, 0.05) is 12.2 Å². The van der Waals surface area contributed by atoms with Crippen molar-refractivity contribution in [1.82, 2.24) is 9.78 Å². The van der Waals surface area contributed by atoms with Gasteiger partial charge in [-0.05, 0) is 73.4 Å². The first-order valence-corrected chi connectivity index (χ1v) is 12.8. The van der Waals surface area contributed by atoms with Crippen LogP contribution in [0.15, 0.2) is 84.0 Å². The molecule has 0 unspecified atom stereocenters. The maximum Gasteiger partial charge on any atom is 0.281 e. The third-order valence-corrected chi connectivity index (χ3v) is 6.78. The Morgan fingerprint density at radius 2 is 1.74 bits per heavy atom. The molecule has 1 aromatic heterocycles. The molecule has 0 saturated heterocycles. The maximum absolute atomic E-state index is 13.9. The Balaban J connectivity index is 1.64. The monoisotopic (exact) mass is 520 g/mol. The topological polar surface area (TPSA) is 93.0 Å². The second kappa shape index (κ2) is 10.6. The van der Waals surface area contributed by atoms with Crippen LogP contribution in [0.4, 0.5) is 17.2 Å². The molecule has 9 heteroatoms. The fourth-order valence-corrected chi connectivity index (χ4v) is 5.01. The number of rotatable bonds is 6. The molecule has 3 aromatic carbocycles. The van der Waals surface area contributed by atoms with Gasteiger partial charge in [0.05, 0.1) is 40.3 Å². The van der Waals surface area contributed by atoms with Crippen molar-refractivity contribution in [1.29, 1.82) is 0 Å². The van der Waals surface area contributed by atoms with E-state index >= 15 is 0 Å². The van der Waals surface area contributed by atoms with Crippen molar-refractivity contribution in [2.75, 3.05) is 29.5 Å². The van der Waals surface area contributed by atoms with Gasteiger partial charge in [0.1, 0.15) is 0 Å². The SMILES string of the molecule is COONc1nn(-c2ccccc2)c(=C\c2ccc3c(c2)CCCN3)/c1=C1\C(=O)N(c2ccccc2)N=C1C. The van der Waals surface area contributed by atoms with E-state index in [0.29, 0.717) is 33.4 Å². The van der Waals surface area contributed by atoms with Crippen molar-refractivity contribution in [3.8, 4) is 5.69 Å². The summed E-state index contributed by atoms with van der Waals surface area (Å²) in [5.41, 5.74) is 8.70. The lowest BCUT2D eigenvalue weighted by atomic mass is 10.0. The summed E-state index contributed by atoms with van der Waals surface area (Å²) >= 11 is 0. The van der Waals surface area contributed by atoms with Crippen molar-refractivity contribution in [3.05, 3.63) is 101 Å². The molecule has 196 valence electrons. The molecule has 3 heterocycles. The normalized spacial score (nSPS) is 16.7. The minimum atomic E-state index is -0.254.